The SMILES string of the molecule is Cc1nn(Cc2ccc(C(=O)NCCCn3cccn3)cc2)c(C)c1Br. The maximum atomic E-state index is 12.2. The largest absolute Gasteiger partial charge is 0.352 e. The minimum absolute atomic E-state index is 0.0501. The molecule has 1 N–H and O–H groups in total. The zero-order valence-electron chi connectivity index (χ0n) is 14.9. The molecule has 0 bridgehead atoms. The Morgan fingerprint density at radius 1 is 1.23 bits per heavy atom. The van der Waals surface area contributed by atoms with Crippen molar-refractivity contribution >= 4 is 21.8 Å². The van der Waals surface area contributed by atoms with E-state index in [0.717, 1.165) is 34.4 Å². The van der Waals surface area contributed by atoms with E-state index in [0.29, 0.717) is 18.7 Å². The summed E-state index contributed by atoms with van der Waals surface area (Å²) < 4.78 is 4.87. The van der Waals surface area contributed by atoms with Crippen LogP contribution in [-0.4, -0.2) is 32.0 Å². The standard InChI is InChI=1S/C19H22BrN5O/c1-14-18(20)15(2)25(23-14)13-16-5-7-17(8-6-16)19(26)21-9-3-11-24-12-4-10-22-24/h4-8,10,12H,3,9,11,13H2,1-2H3,(H,21,26). The summed E-state index contributed by atoms with van der Waals surface area (Å²) in [7, 11) is 0. The third-order valence-corrected chi connectivity index (χ3v) is 5.40. The van der Waals surface area contributed by atoms with Crippen LogP contribution in [-0.2, 0) is 13.1 Å². The molecular formula is C19H22BrN5O. The smallest absolute Gasteiger partial charge is 0.251 e. The summed E-state index contributed by atoms with van der Waals surface area (Å²) in [6, 6.07) is 9.56. The predicted octanol–water partition coefficient (Wildman–Crippen LogP) is 3.33. The van der Waals surface area contributed by atoms with E-state index in [1.54, 1.807) is 6.20 Å². The van der Waals surface area contributed by atoms with Crippen molar-refractivity contribution in [1.29, 1.82) is 0 Å². The van der Waals surface area contributed by atoms with Crippen molar-refractivity contribution in [2.24, 2.45) is 0 Å². The molecule has 0 spiro atoms. The van der Waals surface area contributed by atoms with Gasteiger partial charge in [0.1, 0.15) is 0 Å². The van der Waals surface area contributed by atoms with Gasteiger partial charge in [0.25, 0.3) is 5.91 Å². The zero-order chi connectivity index (χ0) is 18.5. The van der Waals surface area contributed by atoms with E-state index in [2.05, 4.69) is 31.4 Å². The Morgan fingerprint density at radius 3 is 2.62 bits per heavy atom. The highest BCUT2D eigenvalue weighted by Gasteiger charge is 2.10. The van der Waals surface area contributed by atoms with Gasteiger partial charge in [0.05, 0.1) is 22.4 Å². The molecule has 3 aromatic rings. The molecule has 0 aliphatic heterocycles. The number of hydrogen-bond donors (Lipinski definition) is 1. The summed E-state index contributed by atoms with van der Waals surface area (Å²) in [5.41, 5.74) is 3.86. The first-order valence-corrected chi connectivity index (χ1v) is 9.38. The van der Waals surface area contributed by atoms with Gasteiger partial charge in [-0.15, -0.1) is 0 Å². The molecular weight excluding hydrogens is 394 g/mol. The topological polar surface area (TPSA) is 64.7 Å². The lowest BCUT2D eigenvalue weighted by atomic mass is 10.1. The average Bonchev–Trinajstić information content (AvgIpc) is 3.24. The quantitative estimate of drug-likeness (QED) is 0.601. The monoisotopic (exact) mass is 415 g/mol. The number of hydrogen-bond acceptors (Lipinski definition) is 3. The molecule has 1 amide bonds. The van der Waals surface area contributed by atoms with Crippen LogP contribution in [0.1, 0.15) is 33.7 Å². The highest BCUT2D eigenvalue weighted by Crippen LogP contribution is 2.20. The molecule has 3 rings (SSSR count). The van der Waals surface area contributed by atoms with Gasteiger partial charge in [-0.3, -0.25) is 14.2 Å². The van der Waals surface area contributed by atoms with Crippen molar-refractivity contribution in [2.45, 2.75) is 33.4 Å². The molecule has 0 fully saturated rings. The van der Waals surface area contributed by atoms with E-state index in [1.807, 2.05) is 59.7 Å². The molecule has 0 unspecified atom stereocenters. The van der Waals surface area contributed by atoms with Gasteiger partial charge in [0.2, 0.25) is 0 Å². The van der Waals surface area contributed by atoms with E-state index >= 15 is 0 Å². The van der Waals surface area contributed by atoms with Crippen LogP contribution in [0.25, 0.3) is 0 Å². The third-order valence-electron chi connectivity index (χ3n) is 4.25. The van der Waals surface area contributed by atoms with Crippen LogP contribution < -0.4 is 5.32 Å². The van der Waals surface area contributed by atoms with Crippen molar-refractivity contribution in [3.8, 4) is 0 Å². The summed E-state index contributed by atoms with van der Waals surface area (Å²) in [5, 5.41) is 11.6. The highest BCUT2D eigenvalue weighted by molar-refractivity contribution is 9.10. The number of carbonyl (C=O) groups excluding carboxylic acids is 1. The summed E-state index contributed by atoms with van der Waals surface area (Å²) in [5.74, 6) is -0.0501. The van der Waals surface area contributed by atoms with E-state index in [4.69, 9.17) is 0 Å². The molecule has 26 heavy (non-hydrogen) atoms. The molecule has 7 heteroatoms. The van der Waals surface area contributed by atoms with Gasteiger partial charge in [0, 0.05) is 31.0 Å². The van der Waals surface area contributed by atoms with Crippen LogP contribution in [0.4, 0.5) is 0 Å². The van der Waals surface area contributed by atoms with Crippen molar-refractivity contribution in [2.75, 3.05) is 6.54 Å². The van der Waals surface area contributed by atoms with Crippen LogP contribution in [0.5, 0.6) is 0 Å². The van der Waals surface area contributed by atoms with Gasteiger partial charge in [-0.05, 0) is 60.0 Å². The number of carbonyl (C=O) groups is 1. The van der Waals surface area contributed by atoms with Crippen LogP contribution in [0.3, 0.4) is 0 Å². The van der Waals surface area contributed by atoms with Crippen LogP contribution in [0.2, 0.25) is 0 Å². The van der Waals surface area contributed by atoms with Gasteiger partial charge < -0.3 is 5.32 Å². The number of rotatable bonds is 7. The van der Waals surface area contributed by atoms with Crippen molar-refractivity contribution in [1.82, 2.24) is 24.9 Å². The molecule has 1 aromatic carbocycles. The zero-order valence-corrected chi connectivity index (χ0v) is 16.5. The second-order valence-corrected chi connectivity index (χ2v) is 7.01. The van der Waals surface area contributed by atoms with E-state index in [-0.39, 0.29) is 5.91 Å². The molecule has 6 nitrogen and oxygen atoms in total. The Kier molecular flexibility index (Phi) is 5.88. The summed E-state index contributed by atoms with van der Waals surface area (Å²) in [4.78, 5) is 12.2. The van der Waals surface area contributed by atoms with Crippen LogP contribution in [0, 0.1) is 13.8 Å². The van der Waals surface area contributed by atoms with E-state index in [1.165, 1.54) is 0 Å². The van der Waals surface area contributed by atoms with Crippen LogP contribution >= 0.6 is 15.9 Å². The predicted molar refractivity (Wildman–Crippen MR) is 104 cm³/mol. The number of halogens is 1. The molecule has 0 aliphatic rings. The van der Waals surface area contributed by atoms with Gasteiger partial charge in [-0.2, -0.15) is 10.2 Å². The summed E-state index contributed by atoms with van der Waals surface area (Å²) in [6.45, 7) is 6.12. The van der Waals surface area contributed by atoms with Gasteiger partial charge in [0.15, 0.2) is 0 Å². The Morgan fingerprint density at radius 2 is 2.00 bits per heavy atom. The highest BCUT2D eigenvalue weighted by atomic mass is 79.9. The first-order chi connectivity index (χ1) is 12.5. The molecule has 2 aromatic heterocycles. The number of aromatic nitrogens is 4. The minimum atomic E-state index is -0.0501. The normalized spacial score (nSPS) is 10.9. The minimum Gasteiger partial charge on any atom is -0.352 e. The van der Waals surface area contributed by atoms with Crippen molar-refractivity contribution in [3.63, 3.8) is 0 Å². The van der Waals surface area contributed by atoms with Crippen LogP contribution in [0.15, 0.2) is 47.2 Å². The van der Waals surface area contributed by atoms with Crippen molar-refractivity contribution < 1.29 is 4.79 Å². The third kappa shape index (κ3) is 4.40. The summed E-state index contributed by atoms with van der Waals surface area (Å²) >= 11 is 3.54. The number of aryl methyl sites for hydroxylation is 2. The molecule has 0 saturated heterocycles. The fraction of sp³-hybridized carbons (Fsp3) is 0.316. The van der Waals surface area contributed by atoms with Crippen molar-refractivity contribution in [3.05, 3.63) is 69.7 Å². The maximum Gasteiger partial charge on any atom is 0.251 e. The Labute approximate surface area is 161 Å². The van der Waals surface area contributed by atoms with Gasteiger partial charge >= 0.3 is 0 Å². The van der Waals surface area contributed by atoms with E-state index < -0.39 is 0 Å². The molecule has 0 saturated carbocycles. The van der Waals surface area contributed by atoms with Gasteiger partial charge in [-0.1, -0.05) is 12.1 Å². The average molecular weight is 416 g/mol. The summed E-state index contributed by atoms with van der Waals surface area (Å²) in [6.07, 6.45) is 4.52. The number of benzene rings is 1. The second-order valence-electron chi connectivity index (χ2n) is 6.22. The van der Waals surface area contributed by atoms with E-state index in [9.17, 15) is 4.79 Å². The molecule has 0 atom stereocenters. The molecule has 136 valence electrons. The molecule has 2 heterocycles. The molecule has 0 aliphatic carbocycles. The fourth-order valence-corrected chi connectivity index (χ4v) is 3.03. The Hall–Kier alpha value is -2.41. The van der Waals surface area contributed by atoms with Gasteiger partial charge in [-0.25, -0.2) is 0 Å². The first kappa shape index (κ1) is 18.4. The fourth-order valence-electron chi connectivity index (χ4n) is 2.74. The molecule has 0 radical (unpaired) electrons. The first-order valence-electron chi connectivity index (χ1n) is 8.58. The lowest BCUT2D eigenvalue weighted by Crippen LogP contribution is -2.25. The number of amides is 1. The second kappa shape index (κ2) is 8.31. The lowest BCUT2D eigenvalue weighted by Gasteiger charge is -2.08. The number of nitrogens with one attached hydrogen (secondary N) is 1. The Bertz CT molecular complexity index is 868. The maximum absolute atomic E-state index is 12.2. The lowest BCUT2D eigenvalue weighted by molar-refractivity contribution is 0.0952. The Balaban J connectivity index is 1.51. The number of nitrogens with zero attached hydrogens (tertiary/aromatic N) is 4.